The van der Waals surface area contributed by atoms with Crippen molar-refractivity contribution < 1.29 is 4.74 Å². The zero-order chi connectivity index (χ0) is 15.1. The highest BCUT2D eigenvalue weighted by Crippen LogP contribution is 2.22. The smallest absolute Gasteiger partial charge is 0.123 e. The summed E-state index contributed by atoms with van der Waals surface area (Å²) in [5, 5.41) is 3.37. The summed E-state index contributed by atoms with van der Waals surface area (Å²) in [5.41, 5.74) is 1.25. The van der Waals surface area contributed by atoms with Crippen LogP contribution in [0.2, 0.25) is 0 Å². The van der Waals surface area contributed by atoms with Crippen LogP contribution in [0.25, 0.3) is 0 Å². The van der Waals surface area contributed by atoms with E-state index in [0.717, 1.165) is 37.9 Å². The van der Waals surface area contributed by atoms with Gasteiger partial charge >= 0.3 is 0 Å². The second kappa shape index (κ2) is 8.40. The Bertz CT molecular complexity index is 421. The lowest BCUT2D eigenvalue weighted by Gasteiger charge is -2.36. The average molecular weight is 290 g/mol. The molecule has 0 bridgehead atoms. The molecule has 1 aromatic rings. The lowest BCUT2D eigenvalue weighted by molar-refractivity contribution is 0.109. The summed E-state index contributed by atoms with van der Waals surface area (Å²) in [7, 11) is 0. The van der Waals surface area contributed by atoms with Crippen LogP contribution in [-0.4, -0.2) is 37.2 Å². The number of nitrogens with zero attached hydrogens (tertiary/aromatic N) is 1. The molecule has 1 saturated heterocycles. The first-order valence-corrected chi connectivity index (χ1v) is 8.36. The van der Waals surface area contributed by atoms with Gasteiger partial charge < -0.3 is 10.1 Å². The lowest BCUT2D eigenvalue weighted by atomic mass is 9.93. The molecule has 0 aromatic heterocycles. The molecule has 2 rings (SSSR count). The van der Waals surface area contributed by atoms with Crippen molar-refractivity contribution in [3.63, 3.8) is 0 Å². The summed E-state index contributed by atoms with van der Waals surface area (Å²) in [6.07, 6.45) is 2.64. The quantitative estimate of drug-likeness (QED) is 0.834. The number of piperidine rings is 1. The highest BCUT2D eigenvalue weighted by atomic mass is 16.5. The first-order valence-electron chi connectivity index (χ1n) is 8.36. The van der Waals surface area contributed by atoms with Crippen molar-refractivity contribution in [2.75, 3.05) is 26.2 Å². The van der Waals surface area contributed by atoms with Crippen molar-refractivity contribution in [2.45, 2.75) is 46.2 Å². The molecule has 0 radical (unpaired) electrons. The van der Waals surface area contributed by atoms with Crippen molar-refractivity contribution in [2.24, 2.45) is 5.92 Å². The summed E-state index contributed by atoms with van der Waals surface area (Å²) in [6, 6.07) is 9.04. The molecule has 3 nitrogen and oxygen atoms in total. The summed E-state index contributed by atoms with van der Waals surface area (Å²) in [5.74, 6) is 1.90. The molecule has 0 aliphatic carbocycles. The third kappa shape index (κ3) is 5.01. The van der Waals surface area contributed by atoms with E-state index in [2.05, 4.69) is 55.3 Å². The Morgan fingerprint density at radius 1 is 1.29 bits per heavy atom. The van der Waals surface area contributed by atoms with Gasteiger partial charge in [-0.15, -0.1) is 0 Å². The molecule has 118 valence electrons. The first-order chi connectivity index (χ1) is 10.2. The minimum Gasteiger partial charge on any atom is -0.492 e. The molecule has 1 aliphatic rings. The number of nitrogens with one attached hydrogen (secondary N) is 1. The number of hydrogen-bond donors (Lipinski definition) is 1. The third-order valence-corrected chi connectivity index (χ3v) is 4.45. The van der Waals surface area contributed by atoms with Crippen LogP contribution >= 0.6 is 0 Å². The van der Waals surface area contributed by atoms with Crippen LogP contribution in [0.3, 0.4) is 0 Å². The molecule has 21 heavy (non-hydrogen) atoms. The second-order valence-electron chi connectivity index (χ2n) is 6.25. The molecule has 1 heterocycles. The first kappa shape index (κ1) is 16.3. The van der Waals surface area contributed by atoms with Crippen molar-refractivity contribution in [1.29, 1.82) is 0 Å². The third-order valence-electron chi connectivity index (χ3n) is 4.45. The summed E-state index contributed by atoms with van der Waals surface area (Å²) < 4.78 is 6.03. The zero-order valence-corrected chi connectivity index (χ0v) is 13.8. The van der Waals surface area contributed by atoms with E-state index in [1.54, 1.807) is 0 Å². The molecular formula is C18H30N2O. The van der Waals surface area contributed by atoms with Crippen LogP contribution in [0.1, 0.15) is 39.2 Å². The maximum atomic E-state index is 6.03. The second-order valence-corrected chi connectivity index (χ2v) is 6.25. The van der Waals surface area contributed by atoms with Gasteiger partial charge in [0, 0.05) is 24.7 Å². The SMILES string of the molecule is CCNCc1ccccc1OCCN1CCC(C)CC1C. The van der Waals surface area contributed by atoms with E-state index in [1.807, 2.05) is 0 Å². The topological polar surface area (TPSA) is 24.5 Å². The van der Waals surface area contributed by atoms with Gasteiger partial charge in [-0.1, -0.05) is 32.0 Å². The van der Waals surface area contributed by atoms with Crippen LogP contribution in [0.15, 0.2) is 24.3 Å². The molecule has 0 amide bonds. The van der Waals surface area contributed by atoms with Gasteiger partial charge in [0.2, 0.25) is 0 Å². The van der Waals surface area contributed by atoms with E-state index in [0.29, 0.717) is 6.04 Å². The van der Waals surface area contributed by atoms with Crippen molar-refractivity contribution >= 4 is 0 Å². The fourth-order valence-corrected chi connectivity index (χ4v) is 3.11. The number of ether oxygens (including phenoxy) is 1. The zero-order valence-electron chi connectivity index (χ0n) is 13.8. The Hall–Kier alpha value is -1.06. The van der Waals surface area contributed by atoms with Crippen molar-refractivity contribution in [3.05, 3.63) is 29.8 Å². The number of likely N-dealkylation sites (tertiary alicyclic amines) is 1. The maximum absolute atomic E-state index is 6.03. The Morgan fingerprint density at radius 3 is 2.86 bits per heavy atom. The van der Waals surface area contributed by atoms with Crippen LogP contribution < -0.4 is 10.1 Å². The predicted octanol–water partition coefficient (Wildman–Crippen LogP) is 3.30. The van der Waals surface area contributed by atoms with Gasteiger partial charge in [0.05, 0.1) is 0 Å². The van der Waals surface area contributed by atoms with Gasteiger partial charge in [-0.3, -0.25) is 4.90 Å². The summed E-state index contributed by atoms with van der Waals surface area (Å²) >= 11 is 0. The fraction of sp³-hybridized carbons (Fsp3) is 0.667. The van der Waals surface area contributed by atoms with Crippen molar-refractivity contribution in [3.8, 4) is 5.75 Å². The Morgan fingerprint density at radius 2 is 2.10 bits per heavy atom. The van der Waals surface area contributed by atoms with Gasteiger partial charge in [-0.2, -0.15) is 0 Å². The van der Waals surface area contributed by atoms with Crippen molar-refractivity contribution in [1.82, 2.24) is 10.2 Å². The summed E-state index contributed by atoms with van der Waals surface area (Å²) in [6.45, 7) is 11.7. The standard InChI is InChI=1S/C18H30N2O/c1-4-19-14-17-7-5-6-8-18(17)21-12-11-20-10-9-15(2)13-16(20)3/h5-8,15-16,19H,4,9-14H2,1-3H3. The number of rotatable bonds is 7. The van der Waals surface area contributed by atoms with Gasteiger partial charge in [-0.25, -0.2) is 0 Å². The van der Waals surface area contributed by atoms with E-state index < -0.39 is 0 Å². The Balaban J connectivity index is 1.80. The molecular weight excluding hydrogens is 260 g/mol. The number of para-hydroxylation sites is 1. The van der Waals surface area contributed by atoms with E-state index >= 15 is 0 Å². The van der Waals surface area contributed by atoms with E-state index in [-0.39, 0.29) is 0 Å². The molecule has 1 N–H and O–H groups in total. The fourth-order valence-electron chi connectivity index (χ4n) is 3.11. The molecule has 1 aliphatic heterocycles. The van der Waals surface area contributed by atoms with Gasteiger partial charge in [0.25, 0.3) is 0 Å². The average Bonchev–Trinajstić information content (AvgIpc) is 2.48. The largest absolute Gasteiger partial charge is 0.492 e. The van der Waals surface area contributed by atoms with Crippen LogP contribution in [0.4, 0.5) is 0 Å². The van der Waals surface area contributed by atoms with Gasteiger partial charge in [0.1, 0.15) is 12.4 Å². The minimum absolute atomic E-state index is 0.689. The molecule has 0 saturated carbocycles. The number of hydrogen-bond acceptors (Lipinski definition) is 3. The molecule has 1 aromatic carbocycles. The number of benzene rings is 1. The lowest BCUT2D eigenvalue weighted by Crippen LogP contribution is -2.42. The van der Waals surface area contributed by atoms with Gasteiger partial charge in [-0.05, 0) is 44.8 Å². The molecule has 3 heteroatoms. The van der Waals surface area contributed by atoms with Crippen LogP contribution in [0.5, 0.6) is 5.75 Å². The van der Waals surface area contributed by atoms with E-state index in [1.165, 1.54) is 24.9 Å². The van der Waals surface area contributed by atoms with E-state index in [4.69, 9.17) is 4.74 Å². The maximum Gasteiger partial charge on any atom is 0.123 e. The highest BCUT2D eigenvalue weighted by Gasteiger charge is 2.22. The Labute approximate surface area is 129 Å². The van der Waals surface area contributed by atoms with Crippen LogP contribution in [-0.2, 0) is 6.54 Å². The monoisotopic (exact) mass is 290 g/mol. The molecule has 1 fully saturated rings. The normalized spacial score (nSPS) is 23.2. The molecule has 0 spiro atoms. The summed E-state index contributed by atoms with van der Waals surface area (Å²) in [4.78, 5) is 2.56. The van der Waals surface area contributed by atoms with E-state index in [9.17, 15) is 0 Å². The van der Waals surface area contributed by atoms with Crippen LogP contribution in [0, 0.1) is 5.92 Å². The molecule has 2 unspecified atom stereocenters. The Kier molecular flexibility index (Phi) is 6.52. The minimum atomic E-state index is 0.689. The predicted molar refractivity (Wildman–Crippen MR) is 88.8 cm³/mol. The van der Waals surface area contributed by atoms with Gasteiger partial charge in [0.15, 0.2) is 0 Å². The highest BCUT2D eigenvalue weighted by molar-refractivity contribution is 5.33. The molecule has 2 atom stereocenters.